The Morgan fingerprint density at radius 3 is 2.55 bits per heavy atom. The summed E-state index contributed by atoms with van der Waals surface area (Å²) < 4.78 is 5.28. The van der Waals surface area contributed by atoms with E-state index in [1.807, 2.05) is 6.92 Å². The quantitative estimate of drug-likeness (QED) is 0.559. The van der Waals surface area contributed by atoms with E-state index in [2.05, 4.69) is 6.58 Å². The van der Waals surface area contributed by atoms with E-state index in [4.69, 9.17) is 9.84 Å². The molecule has 0 aliphatic carbocycles. The van der Waals surface area contributed by atoms with Crippen molar-refractivity contribution in [3.8, 4) is 0 Å². The van der Waals surface area contributed by atoms with Crippen molar-refractivity contribution < 1.29 is 14.9 Å². The molecule has 0 aromatic rings. The summed E-state index contributed by atoms with van der Waals surface area (Å²) in [6.45, 7) is 5.49. The van der Waals surface area contributed by atoms with E-state index in [0.29, 0.717) is 5.57 Å². The predicted octanol–water partition coefficient (Wildman–Crippen LogP) is 0.0732. The zero-order valence-corrected chi connectivity index (χ0v) is 6.66. The minimum Gasteiger partial charge on any atom is -0.393 e. The van der Waals surface area contributed by atoms with Gasteiger partial charge in [-0.2, -0.15) is 0 Å². The summed E-state index contributed by atoms with van der Waals surface area (Å²) >= 11 is 0. The predicted molar refractivity (Wildman–Crippen MR) is 41.2 cm³/mol. The zero-order chi connectivity index (χ0) is 8.43. The van der Waals surface area contributed by atoms with Crippen LogP contribution in [0.1, 0.15) is 13.3 Å². The highest BCUT2D eigenvalue weighted by Gasteiger charge is 2.35. The van der Waals surface area contributed by atoms with E-state index in [-0.39, 0.29) is 18.8 Å². The number of hydrogen-bond donors (Lipinski definition) is 2. The zero-order valence-electron chi connectivity index (χ0n) is 6.66. The van der Waals surface area contributed by atoms with Crippen LogP contribution in [-0.4, -0.2) is 35.1 Å². The fraction of sp³-hybridized carbons (Fsp3) is 0.750. The molecule has 3 atom stereocenters. The molecule has 1 heterocycles. The van der Waals surface area contributed by atoms with Crippen LogP contribution in [0.2, 0.25) is 0 Å². The minimum absolute atomic E-state index is 0.0909. The van der Waals surface area contributed by atoms with E-state index in [1.54, 1.807) is 0 Å². The van der Waals surface area contributed by atoms with Gasteiger partial charge in [-0.15, -0.1) is 0 Å². The SMILES string of the molecule is C=C1[C@@H](O)[C@H](CC)O[C@@H]1CO. The Labute approximate surface area is 66.3 Å². The largest absolute Gasteiger partial charge is 0.393 e. The van der Waals surface area contributed by atoms with Crippen molar-refractivity contribution in [3.05, 3.63) is 12.2 Å². The molecule has 0 aromatic carbocycles. The first-order valence-electron chi connectivity index (χ1n) is 3.83. The van der Waals surface area contributed by atoms with E-state index in [1.165, 1.54) is 0 Å². The van der Waals surface area contributed by atoms with Crippen LogP contribution in [0.4, 0.5) is 0 Å². The Morgan fingerprint density at radius 2 is 2.27 bits per heavy atom. The van der Waals surface area contributed by atoms with Crippen LogP contribution in [0.15, 0.2) is 12.2 Å². The maximum absolute atomic E-state index is 9.42. The standard InChI is InChI=1S/C8H14O3/c1-3-6-8(10)5(2)7(4-9)11-6/h6-10H,2-4H2,1H3/t6-,7+,8+/m0/s1. The van der Waals surface area contributed by atoms with Crippen LogP contribution in [0.25, 0.3) is 0 Å². The van der Waals surface area contributed by atoms with Gasteiger partial charge in [0.25, 0.3) is 0 Å². The molecule has 3 heteroatoms. The van der Waals surface area contributed by atoms with Crippen molar-refractivity contribution >= 4 is 0 Å². The van der Waals surface area contributed by atoms with Gasteiger partial charge < -0.3 is 14.9 Å². The molecule has 0 amide bonds. The van der Waals surface area contributed by atoms with Crippen LogP contribution >= 0.6 is 0 Å². The molecule has 1 saturated heterocycles. The Morgan fingerprint density at radius 1 is 1.64 bits per heavy atom. The molecule has 0 aromatic heterocycles. The number of hydrogen-bond acceptors (Lipinski definition) is 3. The Balaban J connectivity index is 2.61. The molecule has 0 radical (unpaired) electrons. The normalized spacial score (nSPS) is 38.1. The molecule has 11 heavy (non-hydrogen) atoms. The lowest BCUT2D eigenvalue weighted by atomic mass is 10.1. The molecule has 1 rings (SSSR count). The molecule has 0 bridgehead atoms. The van der Waals surface area contributed by atoms with Crippen LogP contribution < -0.4 is 0 Å². The molecule has 1 aliphatic rings. The van der Waals surface area contributed by atoms with Gasteiger partial charge in [0, 0.05) is 0 Å². The van der Waals surface area contributed by atoms with Crippen molar-refractivity contribution in [1.29, 1.82) is 0 Å². The fourth-order valence-corrected chi connectivity index (χ4v) is 1.28. The first-order valence-corrected chi connectivity index (χ1v) is 3.83. The Kier molecular flexibility index (Phi) is 2.65. The summed E-state index contributed by atoms with van der Waals surface area (Å²) in [6, 6.07) is 0. The van der Waals surface area contributed by atoms with Crippen molar-refractivity contribution in [1.82, 2.24) is 0 Å². The van der Waals surface area contributed by atoms with E-state index < -0.39 is 6.10 Å². The third-order valence-electron chi connectivity index (χ3n) is 2.05. The third-order valence-corrected chi connectivity index (χ3v) is 2.05. The summed E-state index contributed by atoms with van der Waals surface area (Å²) in [5.41, 5.74) is 0.597. The van der Waals surface area contributed by atoms with E-state index in [9.17, 15) is 5.11 Å². The highest BCUT2D eigenvalue weighted by molar-refractivity contribution is 5.15. The van der Waals surface area contributed by atoms with Crippen LogP contribution in [0.3, 0.4) is 0 Å². The van der Waals surface area contributed by atoms with Crippen molar-refractivity contribution in [3.63, 3.8) is 0 Å². The van der Waals surface area contributed by atoms with Crippen LogP contribution in [-0.2, 0) is 4.74 Å². The number of aliphatic hydroxyl groups is 2. The highest BCUT2D eigenvalue weighted by atomic mass is 16.5. The number of aliphatic hydroxyl groups excluding tert-OH is 2. The second-order valence-electron chi connectivity index (χ2n) is 2.77. The van der Waals surface area contributed by atoms with Crippen LogP contribution in [0.5, 0.6) is 0 Å². The third kappa shape index (κ3) is 1.45. The smallest absolute Gasteiger partial charge is 0.104 e. The maximum atomic E-state index is 9.42. The average Bonchev–Trinajstić information content (AvgIpc) is 2.30. The van der Waals surface area contributed by atoms with Gasteiger partial charge in [0.2, 0.25) is 0 Å². The number of ether oxygens (including phenoxy) is 1. The van der Waals surface area contributed by atoms with Crippen LogP contribution in [0, 0.1) is 0 Å². The topological polar surface area (TPSA) is 49.7 Å². The molecule has 0 spiro atoms. The summed E-state index contributed by atoms with van der Waals surface area (Å²) in [7, 11) is 0. The average molecular weight is 158 g/mol. The summed E-state index contributed by atoms with van der Waals surface area (Å²) in [6.07, 6.45) is -0.400. The summed E-state index contributed by atoms with van der Waals surface area (Å²) in [5.74, 6) is 0. The van der Waals surface area contributed by atoms with Crippen molar-refractivity contribution in [2.45, 2.75) is 31.7 Å². The molecule has 0 unspecified atom stereocenters. The summed E-state index contributed by atoms with van der Waals surface area (Å²) in [4.78, 5) is 0. The van der Waals surface area contributed by atoms with Gasteiger partial charge in [-0.1, -0.05) is 13.5 Å². The highest BCUT2D eigenvalue weighted by Crippen LogP contribution is 2.26. The minimum atomic E-state index is -0.600. The molecule has 1 aliphatic heterocycles. The fourth-order valence-electron chi connectivity index (χ4n) is 1.28. The molecule has 2 N–H and O–H groups in total. The monoisotopic (exact) mass is 158 g/mol. The summed E-state index contributed by atoms with van der Waals surface area (Å²) in [5, 5.41) is 18.2. The van der Waals surface area contributed by atoms with Crippen molar-refractivity contribution in [2.24, 2.45) is 0 Å². The lowest BCUT2D eigenvalue weighted by Gasteiger charge is -2.09. The molecular weight excluding hydrogens is 144 g/mol. The van der Waals surface area contributed by atoms with Gasteiger partial charge >= 0.3 is 0 Å². The van der Waals surface area contributed by atoms with Gasteiger partial charge in [0.1, 0.15) is 12.2 Å². The Hall–Kier alpha value is -0.380. The van der Waals surface area contributed by atoms with Gasteiger partial charge in [0.15, 0.2) is 0 Å². The lowest BCUT2D eigenvalue weighted by Crippen LogP contribution is -2.20. The maximum Gasteiger partial charge on any atom is 0.104 e. The Bertz CT molecular complexity index is 151. The lowest BCUT2D eigenvalue weighted by molar-refractivity contribution is -0.00978. The first-order chi connectivity index (χ1) is 5.20. The molecule has 3 nitrogen and oxygen atoms in total. The van der Waals surface area contributed by atoms with Gasteiger partial charge in [0.05, 0.1) is 12.7 Å². The molecule has 1 fully saturated rings. The second-order valence-corrected chi connectivity index (χ2v) is 2.77. The van der Waals surface area contributed by atoms with Gasteiger partial charge in [-0.25, -0.2) is 0 Å². The van der Waals surface area contributed by atoms with Gasteiger partial charge in [-0.05, 0) is 12.0 Å². The first kappa shape index (κ1) is 8.71. The molecule has 64 valence electrons. The van der Waals surface area contributed by atoms with E-state index >= 15 is 0 Å². The molecular formula is C8H14O3. The van der Waals surface area contributed by atoms with Crippen molar-refractivity contribution in [2.75, 3.05) is 6.61 Å². The van der Waals surface area contributed by atoms with Gasteiger partial charge in [-0.3, -0.25) is 0 Å². The number of rotatable bonds is 2. The molecule has 0 saturated carbocycles. The van der Waals surface area contributed by atoms with E-state index in [0.717, 1.165) is 6.42 Å². The second kappa shape index (κ2) is 3.34.